The van der Waals surface area contributed by atoms with E-state index < -0.39 is 35.0 Å². The van der Waals surface area contributed by atoms with Gasteiger partial charge in [0.15, 0.2) is 6.04 Å². The summed E-state index contributed by atoms with van der Waals surface area (Å²) >= 11 is 0. The highest BCUT2D eigenvalue weighted by molar-refractivity contribution is 5.92. The summed E-state index contributed by atoms with van der Waals surface area (Å²) in [5, 5.41) is 20.9. The molecule has 2 fully saturated rings. The van der Waals surface area contributed by atoms with E-state index in [9.17, 15) is 14.7 Å². The number of hydrogen-bond acceptors (Lipinski definition) is 5. The van der Waals surface area contributed by atoms with E-state index in [0.717, 1.165) is 12.8 Å². The van der Waals surface area contributed by atoms with Crippen LogP contribution < -0.4 is 11.1 Å². The van der Waals surface area contributed by atoms with Crippen molar-refractivity contribution in [3.63, 3.8) is 0 Å². The second-order valence-corrected chi connectivity index (χ2v) is 6.66. The number of aliphatic hydroxyl groups excluding tert-OH is 1. The van der Waals surface area contributed by atoms with E-state index in [-0.39, 0.29) is 12.0 Å². The van der Waals surface area contributed by atoms with Crippen molar-refractivity contribution in [2.24, 2.45) is 17.1 Å². The molecule has 7 nitrogen and oxygen atoms in total. The summed E-state index contributed by atoms with van der Waals surface area (Å²) in [4.78, 5) is 23.7. The van der Waals surface area contributed by atoms with Crippen molar-refractivity contribution in [2.75, 3.05) is 6.61 Å². The molecular formula is C14H24N2O5. The van der Waals surface area contributed by atoms with Crippen molar-refractivity contribution in [3.05, 3.63) is 0 Å². The zero-order valence-electron chi connectivity index (χ0n) is 12.6. The Morgan fingerprint density at radius 2 is 2.05 bits per heavy atom. The van der Waals surface area contributed by atoms with Crippen LogP contribution in [0.1, 0.15) is 33.6 Å². The first-order valence-electron chi connectivity index (χ1n) is 7.26. The minimum atomic E-state index is -1.36. The minimum Gasteiger partial charge on any atom is -0.480 e. The van der Waals surface area contributed by atoms with Gasteiger partial charge in [0.1, 0.15) is 5.54 Å². The predicted octanol–water partition coefficient (Wildman–Crippen LogP) is -0.531. The third-order valence-corrected chi connectivity index (χ3v) is 5.10. The molecule has 0 radical (unpaired) electrons. The highest BCUT2D eigenvalue weighted by atomic mass is 16.5. The molecule has 0 spiro atoms. The number of ether oxygens (including phenoxy) is 1. The molecular weight excluding hydrogens is 276 g/mol. The van der Waals surface area contributed by atoms with Crippen LogP contribution in [0.2, 0.25) is 0 Å². The SMILES string of the molecule is CC(O)C(NC(=O)C1(N)C2CCCOC2C1(C)C)C(=O)O. The Morgan fingerprint density at radius 1 is 1.43 bits per heavy atom. The molecule has 5 N–H and O–H groups in total. The number of aliphatic carboxylic acids is 1. The van der Waals surface area contributed by atoms with Crippen molar-refractivity contribution < 1.29 is 24.5 Å². The summed E-state index contributed by atoms with van der Waals surface area (Å²) in [5.41, 5.74) is 4.60. The van der Waals surface area contributed by atoms with Gasteiger partial charge >= 0.3 is 5.97 Å². The lowest BCUT2D eigenvalue weighted by molar-refractivity contribution is -0.225. The zero-order valence-corrected chi connectivity index (χ0v) is 12.6. The Morgan fingerprint density at radius 3 is 2.57 bits per heavy atom. The Bertz CT molecular complexity index is 451. The fourth-order valence-corrected chi connectivity index (χ4v) is 3.69. The number of aliphatic hydroxyl groups is 1. The molecule has 1 aliphatic heterocycles. The molecule has 1 amide bonds. The summed E-state index contributed by atoms with van der Waals surface area (Å²) in [6.45, 7) is 5.70. The van der Waals surface area contributed by atoms with Gasteiger partial charge < -0.3 is 26.0 Å². The van der Waals surface area contributed by atoms with E-state index in [2.05, 4.69) is 5.32 Å². The first kappa shape index (κ1) is 16.2. The van der Waals surface area contributed by atoms with Crippen molar-refractivity contribution in [3.8, 4) is 0 Å². The summed E-state index contributed by atoms with van der Waals surface area (Å²) < 4.78 is 5.71. The van der Waals surface area contributed by atoms with Gasteiger partial charge in [0.05, 0.1) is 12.2 Å². The second kappa shape index (κ2) is 5.23. The topological polar surface area (TPSA) is 122 Å². The van der Waals surface area contributed by atoms with Gasteiger partial charge in [-0.15, -0.1) is 0 Å². The standard InChI is InChI=1S/C14H24N2O5/c1-7(17)9(11(18)19)16-12(20)14(15)8-5-4-6-21-10(8)13(14,2)3/h7-10,17H,4-6,15H2,1-3H3,(H,16,20)(H,18,19). The quantitative estimate of drug-likeness (QED) is 0.553. The van der Waals surface area contributed by atoms with Gasteiger partial charge in [-0.05, 0) is 19.8 Å². The van der Waals surface area contributed by atoms with Crippen molar-refractivity contribution >= 4 is 11.9 Å². The van der Waals surface area contributed by atoms with Crippen LogP contribution in [0.25, 0.3) is 0 Å². The normalized spacial score (nSPS) is 36.8. The molecule has 21 heavy (non-hydrogen) atoms. The molecule has 7 heteroatoms. The van der Waals surface area contributed by atoms with Crippen LogP contribution in [0.3, 0.4) is 0 Å². The highest BCUT2D eigenvalue weighted by Gasteiger charge is 2.70. The van der Waals surface area contributed by atoms with Crippen LogP contribution in [0.15, 0.2) is 0 Å². The van der Waals surface area contributed by atoms with Gasteiger partial charge in [-0.1, -0.05) is 13.8 Å². The number of carbonyl (C=O) groups excluding carboxylic acids is 1. The van der Waals surface area contributed by atoms with Crippen molar-refractivity contribution in [2.45, 2.75) is 57.4 Å². The van der Waals surface area contributed by atoms with Crippen LogP contribution in [0, 0.1) is 11.3 Å². The zero-order chi connectivity index (χ0) is 16.0. The van der Waals surface area contributed by atoms with Gasteiger partial charge in [-0.3, -0.25) is 4.79 Å². The highest BCUT2D eigenvalue weighted by Crippen LogP contribution is 2.57. The number of carboxylic acids is 1. The van der Waals surface area contributed by atoms with Gasteiger partial charge in [-0.25, -0.2) is 4.79 Å². The van der Waals surface area contributed by atoms with E-state index in [1.54, 1.807) is 0 Å². The lowest BCUT2D eigenvalue weighted by Crippen LogP contribution is -2.83. The number of amides is 1. The van der Waals surface area contributed by atoms with Crippen LogP contribution in [-0.4, -0.2) is 52.5 Å². The van der Waals surface area contributed by atoms with Gasteiger partial charge in [0, 0.05) is 17.9 Å². The molecule has 0 aromatic heterocycles. The van der Waals surface area contributed by atoms with E-state index in [0.29, 0.717) is 6.61 Å². The molecule has 1 aliphatic carbocycles. The van der Waals surface area contributed by atoms with Crippen LogP contribution >= 0.6 is 0 Å². The smallest absolute Gasteiger partial charge is 0.328 e. The summed E-state index contributed by atoms with van der Waals surface area (Å²) in [7, 11) is 0. The molecule has 1 heterocycles. The number of hydrogen-bond donors (Lipinski definition) is 4. The average molecular weight is 300 g/mol. The lowest BCUT2D eigenvalue weighted by atomic mass is 9.46. The average Bonchev–Trinajstić information content (AvgIpc) is 2.42. The molecule has 0 aromatic rings. The largest absolute Gasteiger partial charge is 0.480 e. The fourth-order valence-electron chi connectivity index (χ4n) is 3.69. The maximum atomic E-state index is 12.6. The molecule has 5 unspecified atom stereocenters. The first-order valence-corrected chi connectivity index (χ1v) is 7.26. The summed E-state index contributed by atoms with van der Waals surface area (Å²) in [6.07, 6.45) is 0.334. The third-order valence-electron chi connectivity index (χ3n) is 5.10. The Labute approximate surface area is 123 Å². The third kappa shape index (κ3) is 2.23. The number of fused-ring (bicyclic) bond motifs is 1. The summed E-state index contributed by atoms with van der Waals surface area (Å²) in [6, 6.07) is -1.36. The minimum absolute atomic E-state index is 0.0863. The monoisotopic (exact) mass is 300 g/mol. The lowest BCUT2D eigenvalue weighted by Gasteiger charge is -2.65. The van der Waals surface area contributed by atoms with Gasteiger partial charge in [0.25, 0.3) is 0 Å². The molecule has 5 atom stereocenters. The summed E-state index contributed by atoms with van der Waals surface area (Å²) in [5.74, 6) is -1.94. The Balaban J connectivity index is 2.19. The number of carboxylic acid groups (broad SMARTS) is 1. The Hall–Kier alpha value is -1.18. The first-order chi connectivity index (χ1) is 9.64. The van der Waals surface area contributed by atoms with Gasteiger partial charge in [0.2, 0.25) is 5.91 Å². The molecule has 1 saturated carbocycles. The van der Waals surface area contributed by atoms with E-state index in [1.807, 2.05) is 13.8 Å². The predicted molar refractivity (Wildman–Crippen MR) is 74.4 cm³/mol. The van der Waals surface area contributed by atoms with E-state index in [4.69, 9.17) is 15.6 Å². The van der Waals surface area contributed by atoms with E-state index in [1.165, 1.54) is 6.92 Å². The number of carbonyl (C=O) groups is 2. The van der Waals surface area contributed by atoms with Crippen molar-refractivity contribution in [1.29, 1.82) is 0 Å². The molecule has 1 saturated heterocycles. The Kier molecular flexibility index (Phi) is 4.03. The molecule has 0 bridgehead atoms. The van der Waals surface area contributed by atoms with Gasteiger partial charge in [-0.2, -0.15) is 0 Å². The molecule has 2 rings (SSSR count). The molecule has 0 aromatic carbocycles. The second-order valence-electron chi connectivity index (χ2n) is 6.66. The van der Waals surface area contributed by atoms with Crippen LogP contribution in [-0.2, 0) is 14.3 Å². The number of nitrogens with one attached hydrogen (secondary N) is 1. The fraction of sp³-hybridized carbons (Fsp3) is 0.857. The molecule has 120 valence electrons. The van der Waals surface area contributed by atoms with Crippen LogP contribution in [0.5, 0.6) is 0 Å². The molecule has 2 aliphatic rings. The van der Waals surface area contributed by atoms with E-state index >= 15 is 0 Å². The van der Waals surface area contributed by atoms with Crippen molar-refractivity contribution in [1.82, 2.24) is 5.32 Å². The number of rotatable bonds is 4. The number of nitrogens with two attached hydrogens (primary N) is 1. The maximum absolute atomic E-state index is 12.6. The van der Waals surface area contributed by atoms with Crippen LogP contribution in [0.4, 0.5) is 0 Å². The maximum Gasteiger partial charge on any atom is 0.328 e.